The summed E-state index contributed by atoms with van der Waals surface area (Å²) in [6, 6.07) is 7.67. The Morgan fingerprint density at radius 2 is 1.77 bits per heavy atom. The number of hydrogen-bond donors (Lipinski definition) is 0. The maximum atomic E-state index is 13.1. The zero-order chi connectivity index (χ0) is 9.42. The van der Waals surface area contributed by atoms with E-state index >= 15 is 0 Å². The first-order valence-electron chi connectivity index (χ1n) is 3.72. The van der Waals surface area contributed by atoms with Crippen molar-refractivity contribution in [1.29, 1.82) is 0 Å². The number of halogens is 3. The van der Waals surface area contributed by atoms with Crippen molar-refractivity contribution in [2.24, 2.45) is 0 Å². The van der Waals surface area contributed by atoms with Crippen LogP contribution >= 0.6 is 15.9 Å². The first-order valence-corrected chi connectivity index (χ1v) is 4.51. The van der Waals surface area contributed by atoms with Crippen LogP contribution in [-0.2, 0) is 0 Å². The quantitative estimate of drug-likeness (QED) is 0.658. The van der Waals surface area contributed by atoms with Gasteiger partial charge in [-0.1, -0.05) is 28.1 Å². The zero-order valence-corrected chi connectivity index (χ0v) is 8.11. The minimum atomic E-state index is -0.810. The van der Waals surface area contributed by atoms with Gasteiger partial charge in [-0.15, -0.1) is 0 Å². The second kappa shape index (κ2) is 3.07. The number of fused-ring (bicyclic) bond motifs is 1. The Kier molecular flexibility index (Phi) is 2.04. The molecule has 0 saturated heterocycles. The third-order valence-corrected chi connectivity index (χ3v) is 2.36. The summed E-state index contributed by atoms with van der Waals surface area (Å²) in [5, 5.41) is 0.997. The Bertz CT molecular complexity index is 466. The molecule has 0 atom stereocenters. The van der Waals surface area contributed by atoms with E-state index in [4.69, 9.17) is 0 Å². The highest BCUT2D eigenvalue weighted by Gasteiger charge is 2.05. The third kappa shape index (κ3) is 1.44. The molecule has 0 bridgehead atoms. The Labute approximate surface area is 82.3 Å². The smallest absolute Gasteiger partial charge is 0.166 e. The van der Waals surface area contributed by atoms with E-state index in [9.17, 15) is 8.78 Å². The van der Waals surface area contributed by atoms with Crippen molar-refractivity contribution >= 4 is 26.7 Å². The van der Waals surface area contributed by atoms with Gasteiger partial charge >= 0.3 is 0 Å². The standard InChI is InChI=1S/C10H5BrF2/c11-7-2-3-8-6(5-7)1-4-9(12)10(8)13/h1-5H. The molecule has 0 fully saturated rings. The van der Waals surface area contributed by atoms with Gasteiger partial charge in [0.25, 0.3) is 0 Å². The average molecular weight is 243 g/mol. The zero-order valence-electron chi connectivity index (χ0n) is 6.52. The molecule has 0 unspecified atom stereocenters. The molecular formula is C10H5BrF2. The van der Waals surface area contributed by atoms with Crippen molar-refractivity contribution in [1.82, 2.24) is 0 Å². The van der Waals surface area contributed by atoms with Crippen LogP contribution in [0.15, 0.2) is 34.8 Å². The molecule has 0 spiro atoms. The molecule has 0 aromatic heterocycles. The molecule has 0 saturated carbocycles. The van der Waals surface area contributed by atoms with Crippen LogP contribution in [-0.4, -0.2) is 0 Å². The van der Waals surface area contributed by atoms with E-state index in [1.807, 2.05) is 0 Å². The van der Waals surface area contributed by atoms with Crippen LogP contribution in [0.1, 0.15) is 0 Å². The topological polar surface area (TPSA) is 0 Å². The van der Waals surface area contributed by atoms with E-state index < -0.39 is 11.6 Å². The van der Waals surface area contributed by atoms with Crippen LogP contribution in [0.2, 0.25) is 0 Å². The summed E-state index contributed by atoms with van der Waals surface area (Å²) >= 11 is 3.26. The van der Waals surface area contributed by atoms with Gasteiger partial charge in [0.15, 0.2) is 11.6 Å². The van der Waals surface area contributed by atoms with Gasteiger partial charge in [-0.2, -0.15) is 0 Å². The Hall–Kier alpha value is -0.960. The summed E-state index contributed by atoms with van der Waals surface area (Å²) in [7, 11) is 0. The van der Waals surface area contributed by atoms with Gasteiger partial charge in [0.2, 0.25) is 0 Å². The summed E-state index contributed by atoms with van der Waals surface area (Å²) in [4.78, 5) is 0. The summed E-state index contributed by atoms with van der Waals surface area (Å²) in [5.74, 6) is -1.60. The first-order chi connectivity index (χ1) is 6.18. The molecule has 0 radical (unpaired) electrons. The fourth-order valence-corrected chi connectivity index (χ4v) is 1.61. The lowest BCUT2D eigenvalue weighted by molar-refractivity contribution is 0.517. The summed E-state index contributed by atoms with van der Waals surface area (Å²) in [6.45, 7) is 0. The first kappa shape index (κ1) is 8.63. The molecule has 2 rings (SSSR count). The van der Waals surface area contributed by atoms with Crippen molar-refractivity contribution in [3.63, 3.8) is 0 Å². The SMILES string of the molecule is Fc1ccc2cc(Br)ccc2c1F. The molecule has 0 aliphatic rings. The van der Waals surface area contributed by atoms with Crippen molar-refractivity contribution in [2.75, 3.05) is 0 Å². The van der Waals surface area contributed by atoms with Gasteiger partial charge in [0.05, 0.1) is 0 Å². The van der Waals surface area contributed by atoms with Crippen LogP contribution in [0.3, 0.4) is 0 Å². The van der Waals surface area contributed by atoms with Crippen LogP contribution < -0.4 is 0 Å². The predicted octanol–water partition coefficient (Wildman–Crippen LogP) is 3.88. The second-order valence-corrected chi connectivity index (χ2v) is 3.64. The normalized spacial score (nSPS) is 10.7. The fraction of sp³-hybridized carbons (Fsp3) is 0. The lowest BCUT2D eigenvalue weighted by Gasteiger charge is -2.00. The van der Waals surface area contributed by atoms with Crippen molar-refractivity contribution in [2.45, 2.75) is 0 Å². The molecule has 66 valence electrons. The van der Waals surface area contributed by atoms with E-state index in [1.165, 1.54) is 0 Å². The van der Waals surface area contributed by atoms with Gasteiger partial charge in [0.1, 0.15) is 0 Å². The Morgan fingerprint density at radius 1 is 1.00 bits per heavy atom. The minimum Gasteiger partial charge on any atom is -0.204 e. The molecule has 0 nitrogen and oxygen atoms in total. The highest BCUT2D eigenvalue weighted by Crippen LogP contribution is 2.23. The summed E-state index contributed by atoms with van der Waals surface area (Å²) in [5.41, 5.74) is 0. The van der Waals surface area contributed by atoms with E-state index in [0.717, 1.165) is 10.5 Å². The van der Waals surface area contributed by atoms with Crippen LogP contribution in [0.25, 0.3) is 10.8 Å². The van der Waals surface area contributed by atoms with Crippen LogP contribution in [0.4, 0.5) is 8.78 Å². The lowest BCUT2D eigenvalue weighted by Crippen LogP contribution is -1.85. The molecule has 3 heteroatoms. The predicted molar refractivity (Wildman–Crippen MR) is 51.6 cm³/mol. The molecule has 13 heavy (non-hydrogen) atoms. The molecule has 0 heterocycles. The molecule has 0 aliphatic heterocycles. The van der Waals surface area contributed by atoms with Crippen LogP contribution in [0, 0.1) is 11.6 Å². The highest BCUT2D eigenvalue weighted by atomic mass is 79.9. The summed E-state index contributed by atoms with van der Waals surface area (Å²) in [6.07, 6.45) is 0. The number of rotatable bonds is 0. The maximum Gasteiger partial charge on any atom is 0.166 e. The van der Waals surface area contributed by atoms with Gasteiger partial charge in [-0.25, -0.2) is 8.78 Å². The molecular weight excluding hydrogens is 238 g/mol. The molecule has 2 aromatic rings. The third-order valence-electron chi connectivity index (χ3n) is 1.87. The van der Waals surface area contributed by atoms with Crippen molar-refractivity contribution in [3.05, 3.63) is 46.4 Å². The molecule has 0 aliphatic carbocycles. The summed E-state index contributed by atoms with van der Waals surface area (Å²) < 4.78 is 26.8. The Balaban J connectivity index is 2.87. The van der Waals surface area contributed by atoms with E-state index in [-0.39, 0.29) is 0 Å². The average Bonchev–Trinajstić information content (AvgIpc) is 2.12. The van der Waals surface area contributed by atoms with Gasteiger partial charge < -0.3 is 0 Å². The van der Waals surface area contributed by atoms with Gasteiger partial charge in [0, 0.05) is 9.86 Å². The van der Waals surface area contributed by atoms with Gasteiger partial charge in [-0.3, -0.25) is 0 Å². The van der Waals surface area contributed by atoms with E-state index in [2.05, 4.69) is 15.9 Å². The Morgan fingerprint density at radius 3 is 2.54 bits per heavy atom. The molecule has 0 N–H and O–H groups in total. The van der Waals surface area contributed by atoms with E-state index in [0.29, 0.717) is 10.8 Å². The van der Waals surface area contributed by atoms with Crippen LogP contribution in [0.5, 0.6) is 0 Å². The van der Waals surface area contributed by atoms with E-state index in [1.54, 1.807) is 24.3 Å². The fourth-order valence-electron chi connectivity index (χ4n) is 1.24. The van der Waals surface area contributed by atoms with Gasteiger partial charge in [-0.05, 0) is 23.6 Å². The maximum absolute atomic E-state index is 13.1. The number of hydrogen-bond acceptors (Lipinski definition) is 0. The highest BCUT2D eigenvalue weighted by molar-refractivity contribution is 9.10. The second-order valence-electron chi connectivity index (χ2n) is 2.73. The van der Waals surface area contributed by atoms with Crippen molar-refractivity contribution in [3.8, 4) is 0 Å². The number of benzene rings is 2. The van der Waals surface area contributed by atoms with Crippen molar-refractivity contribution < 1.29 is 8.78 Å². The monoisotopic (exact) mass is 242 g/mol. The minimum absolute atomic E-state index is 0.309. The molecule has 2 aromatic carbocycles. The largest absolute Gasteiger partial charge is 0.204 e. The molecule has 0 amide bonds. The lowest BCUT2D eigenvalue weighted by atomic mass is 10.1.